The minimum atomic E-state index is -0.0412. The zero-order valence-electron chi connectivity index (χ0n) is 9.19. The van der Waals surface area contributed by atoms with E-state index >= 15 is 0 Å². The molecule has 2 aromatic heterocycles. The molecule has 0 saturated carbocycles. The Morgan fingerprint density at radius 2 is 2.00 bits per heavy atom. The van der Waals surface area contributed by atoms with Crippen LogP contribution in [0.5, 0.6) is 0 Å². The van der Waals surface area contributed by atoms with Gasteiger partial charge in [0.1, 0.15) is 5.65 Å². The molecular weight excluding hydrogens is 188 g/mol. The Balaban J connectivity index is 2.73. The molecule has 3 nitrogen and oxygen atoms in total. The molecule has 2 heterocycles. The van der Waals surface area contributed by atoms with E-state index in [4.69, 9.17) is 0 Å². The molecule has 0 fully saturated rings. The second kappa shape index (κ2) is 3.19. The normalized spacial score (nSPS) is 11.9. The molecule has 0 bridgehead atoms. The largest absolute Gasteiger partial charge is 0.269 e. The van der Waals surface area contributed by atoms with Crippen molar-refractivity contribution in [1.82, 2.24) is 9.38 Å². The summed E-state index contributed by atoms with van der Waals surface area (Å²) in [6.07, 6.45) is 3.33. The lowest BCUT2D eigenvalue weighted by atomic mass is 9.88. The van der Waals surface area contributed by atoms with Gasteiger partial charge in [-0.2, -0.15) is 0 Å². The predicted molar refractivity (Wildman–Crippen MR) is 60.2 cm³/mol. The van der Waals surface area contributed by atoms with Crippen molar-refractivity contribution in [3.8, 4) is 0 Å². The Kier molecular flexibility index (Phi) is 2.11. The number of hydrogen-bond donors (Lipinski definition) is 0. The maximum absolute atomic E-state index is 11.5. The van der Waals surface area contributed by atoms with Crippen molar-refractivity contribution in [3.05, 3.63) is 46.5 Å². The molecule has 0 saturated heterocycles. The summed E-state index contributed by atoms with van der Waals surface area (Å²) in [7, 11) is 0. The zero-order valence-corrected chi connectivity index (χ0v) is 9.19. The van der Waals surface area contributed by atoms with Gasteiger partial charge < -0.3 is 0 Å². The van der Waals surface area contributed by atoms with E-state index in [0.717, 1.165) is 0 Å². The van der Waals surface area contributed by atoms with Crippen molar-refractivity contribution in [2.24, 2.45) is 0 Å². The summed E-state index contributed by atoms with van der Waals surface area (Å²) in [6.45, 7) is 6.42. The fourth-order valence-corrected chi connectivity index (χ4v) is 1.50. The monoisotopic (exact) mass is 202 g/mol. The first-order valence-electron chi connectivity index (χ1n) is 4.96. The van der Waals surface area contributed by atoms with Crippen LogP contribution in [0.1, 0.15) is 26.3 Å². The molecule has 15 heavy (non-hydrogen) atoms. The first kappa shape index (κ1) is 9.90. The van der Waals surface area contributed by atoms with E-state index in [1.165, 1.54) is 11.6 Å². The highest BCUT2D eigenvalue weighted by atomic mass is 16.1. The highest BCUT2D eigenvalue weighted by Gasteiger charge is 2.13. The quantitative estimate of drug-likeness (QED) is 0.654. The summed E-state index contributed by atoms with van der Waals surface area (Å²) in [6, 6.07) is 5.39. The second-order valence-corrected chi connectivity index (χ2v) is 4.68. The van der Waals surface area contributed by atoms with Crippen molar-refractivity contribution in [1.29, 1.82) is 0 Å². The maximum Gasteiger partial charge on any atom is 0.257 e. The van der Waals surface area contributed by atoms with E-state index in [1.54, 1.807) is 16.8 Å². The molecule has 0 unspecified atom stereocenters. The van der Waals surface area contributed by atoms with Gasteiger partial charge in [-0.1, -0.05) is 20.8 Å². The minimum Gasteiger partial charge on any atom is -0.269 e. The van der Waals surface area contributed by atoms with E-state index in [2.05, 4.69) is 25.8 Å². The van der Waals surface area contributed by atoms with Crippen molar-refractivity contribution >= 4 is 5.65 Å². The summed E-state index contributed by atoms with van der Waals surface area (Å²) < 4.78 is 1.55. The van der Waals surface area contributed by atoms with Crippen LogP contribution >= 0.6 is 0 Å². The molecule has 0 aromatic carbocycles. The van der Waals surface area contributed by atoms with Crippen molar-refractivity contribution in [2.45, 2.75) is 26.2 Å². The predicted octanol–water partition coefficient (Wildman–Crippen LogP) is 1.99. The molecule has 0 atom stereocenters. The molecule has 2 rings (SSSR count). The smallest absolute Gasteiger partial charge is 0.257 e. The SMILES string of the molecule is CC(C)(C)c1ccn2c(=O)ccnc2c1. The lowest BCUT2D eigenvalue weighted by molar-refractivity contribution is 0.589. The Hall–Kier alpha value is -1.64. The molecule has 0 aliphatic heterocycles. The van der Waals surface area contributed by atoms with E-state index in [0.29, 0.717) is 5.65 Å². The highest BCUT2D eigenvalue weighted by Crippen LogP contribution is 2.21. The van der Waals surface area contributed by atoms with Crippen LogP contribution in [-0.2, 0) is 5.41 Å². The molecule has 0 amide bonds. The van der Waals surface area contributed by atoms with E-state index in [9.17, 15) is 4.79 Å². The number of aromatic nitrogens is 2. The molecule has 0 N–H and O–H groups in total. The first-order valence-corrected chi connectivity index (χ1v) is 4.96. The summed E-state index contributed by atoms with van der Waals surface area (Å²) in [4.78, 5) is 15.6. The summed E-state index contributed by atoms with van der Waals surface area (Å²) in [5, 5.41) is 0. The molecule has 78 valence electrons. The molecular formula is C12H14N2O. The average Bonchev–Trinajstić information content (AvgIpc) is 2.16. The molecule has 0 spiro atoms. The number of rotatable bonds is 0. The van der Waals surface area contributed by atoms with Gasteiger partial charge in [-0.25, -0.2) is 4.98 Å². The van der Waals surface area contributed by atoms with Crippen molar-refractivity contribution < 1.29 is 0 Å². The number of pyridine rings is 1. The van der Waals surface area contributed by atoms with Gasteiger partial charge in [0.2, 0.25) is 0 Å². The van der Waals surface area contributed by atoms with E-state index in [1.807, 2.05) is 12.1 Å². The fourth-order valence-electron chi connectivity index (χ4n) is 1.50. The molecule has 3 heteroatoms. The zero-order chi connectivity index (χ0) is 11.1. The lowest BCUT2D eigenvalue weighted by Gasteiger charge is -2.19. The van der Waals surface area contributed by atoms with Crippen LogP contribution < -0.4 is 5.56 Å². The maximum atomic E-state index is 11.5. The third kappa shape index (κ3) is 1.77. The number of nitrogens with zero attached hydrogens (tertiary/aromatic N) is 2. The van der Waals surface area contributed by atoms with Crippen molar-refractivity contribution in [3.63, 3.8) is 0 Å². The third-order valence-electron chi connectivity index (χ3n) is 2.46. The fraction of sp³-hybridized carbons (Fsp3) is 0.333. The lowest BCUT2D eigenvalue weighted by Crippen LogP contribution is -2.16. The Morgan fingerprint density at radius 3 is 2.67 bits per heavy atom. The Morgan fingerprint density at radius 1 is 1.27 bits per heavy atom. The van der Waals surface area contributed by atoms with E-state index < -0.39 is 0 Å². The average molecular weight is 202 g/mol. The Labute approximate surface area is 88.4 Å². The first-order chi connectivity index (χ1) is 6.98. The van der Waals surface area contributed by atoms with Crippen molar-refractivity contribution in [2.75, 3.05) is 0 Å². The van der Waals surface area contributed by atoms with Gasteiger partial charge in [0.05, 0.1) is 0 Å². The number of fused-ring (bicyclic) bond motifs is 1. The van der Waals surface area contributed by atoms with E-state index in [-0.39, 0.29) is 11.0 Å². The van der Waals surface area contributed by atoms with Gasteiger partial charge in [0, 0.05) is 18.5 Å². The van der Waals surface area contributed by atoms with Gasteiger partial charge in [-0.3, -0.25) is 9.20 Å². The summed E-state index contributed by atoms with van der Waals surface area (Å²) in [5.74, 6) is 0. The van der Waals surface area contributed by atoms with Crippen LogP contribution in [0.25, 0.3) is 5.65 Å². The van der Waals surface area contributed by atoms with Crippen LogP contribution in [0.4, 0.5) is 0 Å². The van der Waals surface area contributed by atoms with Gasteiger partial charge in [0.25, 0.3) is 5.56 Å². The van der Waals surface area contributed by atoms with Gasteiger partial charge >= 0.3 is 0 Å². The minimum absolute atomic E-state index is 0.0412. The van der Waals surface area contributed by atoms with Gasteiger partial charge in [-0.15, -0.1) is 0 Å². The van der Waals surface area contributed by atoms with Gasteiger partial charge in [-0.05, 0) is 23.1 Å². The molecule has 0 aliphatic carbocycles. The summed E-state index contributed by atoms with van der Waals surface area (Å²) >= 11 is 0. The van der Waals surface area contributed by atoms with Crippen LogP contribution in [-0.4, -0.2) is 9.38 Å². The van der Waals surface area contributed by atoms with Crippen LogP contribution in [0, 0.1) is 0 Å². The standard InChI is InChI=1S/C12H14N2O/c1-12(2,3)9-5-7-14-10(8-9)13-6-4-11(14)15/h4-8H,1-3H3. The topological polar surface area (TPSA) is 34.4 Å². The third-order valence-corrected chi connectivity index (χ3v) is 2.46. The molecule has 0 aliphatic rings. The summed E-state index contributed by atoms with van der Waals surface area (Å²) in [5.41, 5.74) is 1.92. The number of hydrogen-bond acceptors (Lipinski definition) is 2. The Bertz CT molecular complexity index is 549. The molecule has 2 aromatic rings. The second-order valence-electron chi connectivity index (χ2n) is 4.68. The van der Waals surface area contributed by atoms with Gasteiger partial charge in [0.15, 0.2) is 0 Å². The highest BCUT2D eigenvalue weighted by molar-refractivity contribution is 5.42. The molecule has 0 radical (unpaired) electrons. The van der Waals surface area contributed by atoms with Crippen LogP contribution in [0.3, 0.4) is 0 Å². The van der Waals surface area contributed by atoms with Crippen LogP contribution in [0.2, 0.25) is 0 Å². The van der Waals surface area contributed by atoms with Crippen LogP contribution in [0.15, 0.2) is 35.4 Å².